The van der Waals surface area contributed by atoms with Crippen LogP contribution in [0.25, 0.3) is 86.3 Å². The molecule has 3 nitrogen and oxygen atoms in total. The number of fused-ring (bicyclic) bond motifs is 10. The maximum Gasteiger partial charge on any atom is 0.0991 e. The van der Waals surface area contributed by atoms with Crippen LogP contribution in [0.2, 0.25) is 0 Å². The number of para-hydroxylation sites is 5. The smallest absolute Gasteiger partial charge is 0.0991 e. The zero-order valence-electron chi connectivity index (χ0n) is 25.2. The molecule has 0 amide bonds. The lowest BCUT2D eigenvalue weighted by Crippen LogP contribution is -2.01. The summed E-state index contributed by atoms with van der Waals surface area (Å²) < 4.78 is 7.31. The summed E-state index contributed by atoms with van der Waals surface area (Å²) in [4.78, 5) is 0. The van der Waals surface area contributed by atoms with E-state index >= 15 is 0 Å². The van der Waals surface area contributed by atoms with Crippen LogP contribution < -0.4 is 0 Å². The van der Waals surface area contributed by atoms with E-state index in [-0.39, 0.29) is 0 Å². The molecule has 7 aromatic carbocycles. The molecule has 10 rings (SSSR count). The van der Waals surface area contributed by atoms with Crippen LogP contribution in [0, 0.1) is 11.3 Å². The summed E-state index contributed by atoms with van der Waals surface area (Å²) in [5.41, 5.74) is 10.1. The van der Waals surface area contributed by atoms with Gasteiger partial charge in [-0.1, -0.05) is 97.1 Å². The van der Waals surface area contributed by atoms with Gasteiger partial charge in [-0.15, -0.1) is 11.3 Å². The highest BCUT2D eigenvalue weighted by Crippen LogP contribution is 2.45. The Morgan fingerprint density at radius 1 is 0.447 bits per heavy atom. The van der Waals surface area contributed by atoms with Gasteiger partial charge in [0.1, 0.15) is 0 Å². The van der Waals surface area contributed by atoms with Crippen LogP contribution in [0.5, 0.6) is 0 Å². The van der Waals surface area contributed by atoms with Gasteiger partial charge >= 0.3 is 0 Å². The molecule has 0 N–H and O–H groups in total. The minimum atomic E-state index is 0.690. The van der Waals surface area contributed by atoms with Crippen molar-refractivity contribution in [3.8, 4) is 28.6 Å². The predicted octanol–water partition coefficient (Wildman–Crippen LogP) is 11.8. The second-order valence-corrected chi connectivity index (χ2v) is 13.1. The Balaban J connectivity index is 1.29. The molecule has 3 aromatic heterocycles. The molecule has 0 bridgehead atoms. The maximum atomic E-state index is 9.60. The normalized spacial score (nSPS) is 11.8. The molecule has 0 atom stereocenters. The van der Waals surface area contributed by atoms with Crippen LogP contribution in [0.4, 0.5) is 0 Å². The van der Waals surface area contributed by atoms with Crippen molar-refractivity contribution in [1.82, 2.24) is 9.13 Å². The van der Waals surface area contributed by atoms with Crippen molar-refractivity contribution in [3.05, 3.63) is 157 Å². The highest BCUT2D eigenvalue weighted by molar-refractivity contribution is 7.26. The summed E-state index contributed by atoms with van der Waals surface area (Å²) in [7, 11) is 0. The molecule has 0 aliphatic heterocycles. The first-order valence-electron chi connectivity index (χ1n) is 15.8. The summed E-state index contributed by atoms with van der Waals surface area (Å²) in [6.45, 7) is 0. The van der Waals surface area contributed by atoms with E-state index in [9.17, 15) is 5.26 Å². The predicted molar refractivity (Wildman–Crippen MR) is 198 cm³/mol. The molecule has 0 aliphatic rings. The standard InChI is InChI=1S/C43H25N3S/c44-26-27-21-24-41-34(25-27)32-22-23-40-42(43(32)47-41)33-15-5-10-20-39(33)46(40)38-19-9-4-14-31(38)30-13-3-8-18-37(30)45-35-16-6-1-11-28(35)29-12-2-7-17-36(29)45/h1-25H. The largest absolute Gasteiger partial charge is 0.309 e. The van der Waals surface area contributed by atoms with E-state index in [4.69, 9.17) is 0 Å². The van der Waals surface area contributed by atoms with Gasteiger partial charge in [-0.25, -0.2) is 0 Å². The van der Waals surface area contributed by atoms with Crippen LogP contribution in [0.15, 0.2) is 152 Å². The summed E-state index contributed by atoms with van der Waals surface area (Å²) in [6.07, 6.45) is 0. The van der Waals surface area contributed by atoms with E-state index in [1.165, 1.54) is 69.5 Å². The number of nitrogens with zero attached hydrogens (tertiary/aromatic N) is 3. The van der Waals surface area contributed by atoms with Gasteiger partial charge in [-0.3, -0.25) is 0 Å². The molecule has 0 fully saturated rings. The molecule has 0 aliphatic carbocycles. The highest BCUT2D eigenvalue weighted by atomic mass is 32.1. The van der Waals surface area contributed by atoms with Crippen molar-refractivity contribution < 1.29 is 0 Å². The fourth-order valence-electron chi connectivity index (χ4n) is 7.59. The average molecular weight is 616 g/mol. The maximum absolute atomic E-state index is 9.60. The zero-order chi connectivity index (χ0) is 31.1. The Morgan fingerprint density at radius 3 is 1.62 bits per heavy atom. The SMILES string of the molecule is N#Cc1ccc2sc3c(ccc4c3c3ccccc3n4-c3ccccc3-c3ccccc3-n3c4ccccc4c4ccccc43)c2c1. The quantitative estimate of drug-likeness (QED) is 0.195. The third-order valence-corrected chi connectivity index (χ3v) is 10.8. The van der Waals surface area contributed by atoms with Gasteiger partial charge < -0.3 is 9.13 Å². The van der Waals surface area contributed by atoms with Crippen molar-refractivity contribution in [3.63, 3.8) is 0 Å². The number of benzene rings is 7. The van der Waals surface area contributed by atoms with Crippen molar-refractivity contribution in [1.29, 1.82) is 5.26 Å². The zero-order valence-corrected chi connectivity index (χ0v) is 26.0. The fraction of sp³-hybridized carbons (Fsp3) is 0. The lowest BCUT2D eigenvalue weighted by molar-refractivity contribution is 1.16. The summed E-state index contributed by atoms with van der Waals surface area (Å²) in [5, 5.41) is 16.9. The summed E-state index contributed by atoms with van der Waals surface area (Å²) in [6, 6.07) is 56.6. The van der Waals surface area contributed by atoms with E-state index in [2.05, 4.69) is 155 Å². The monoisotopic (exact) mass is 615 g/mol. The first kappa shape index (κ1) is 26.1. The van der Waals surface area contributed by atoms with E-state index < -0.39 is 0 Å². The van der Waals surface area contributed by atoms with Gasteiger partial charge in [-0.05, 0) is 54.6 Å². The van der Waals surface area contributed by atoms with Crippen LogP contribution in [0.1, 0.15) is 5.56 Å². The van der Waals surface area contributed by atoms with Crippen LogP contribution >= 0.6 is 11.3 Å². The van der Waals surface area contributed by atoms with Gasteiger partial charge in [0, 0.05) is 52.8 Å². The van der Waals surface area contributed by atoms with Crippen molar-refractivity contribution in [2.45, 2.75) is 0 Å². The Labute approximate surface area is 274 Å². The number of thiophene rings is 1. The average Bonchev–Trinajstić information content (AvgIpc) is 3.79. The van der Waals surface area contributed by atoms with Crippen molar-refractivity contribution in [2.24, 2.45) is 0 Å². The topological polar surface area (TPSA) is 33.6 Å². The van der Waals surface area contributed by atoms with E-state index in [0.717, 1.165) is 16.8 Å². The molecule has 0 saturated heterocycles. The van der Waals surface area contributed by atoms with Gasteiger partial charge in [0.15, 0.2) is 0 Å². The second-order valence-electron chi connectivity index (χ2n) is 12.0. The van der Waals surface area contributed by atoms with Crippen LogP contribution in [-0.4, -0.2) is 9.13 Å². The molecule has 10 aromatic rings. The second kappa shape index (κ2) is 9.92. The Kier molecular flexibility index (Phi) is 5.51. The minimum absolute atomic E-state index is 0.690. The molecule has 0 spiro atoms. The molecule has 0 unspecified atom stereocenters. The molecule has 4 heteroatoms. The third kappa shape index (κ3) is 3.66. The van der Waals surface area contributed by atoms with Crippen LogP contribution in [0.3, 0.4) is 0 Å². The lowest BCUT2D eigenvalue weighted by Gasteiger charge is -2.18. The molecule has 47 heavy (non-hydrogen) atoms. The van der Waals surface area contributed by atoms with Crippen molar-refractivity contribution in [2.75, 3.05) is 0 Å². The van der Waals surface area contributed by atoms with E-state index in [0.29, 0.717) is 5.56 Å². The molecule has 218 valence electrons. The first-order valence-corrected chi connectivity index (χ1v) is 16.6. The lowest BCUT2D eigenvalue weighted by atomic mass is 10.0. The van der Waals surface area contributed by atoms with Gasteiger partial charge in [0.05, 0.1) is 45.1 Å². The highest BCUT2D eigenvalue weighted by Gasteiger charge is 2.21. The third-order valence-electron chi connectivity index (χ3n) is 9.56. The number of nitriles is 1. The summed E-state index contributed by atoms with van der Waals surface area (Å²) in [5.74, 6) is 0. The van der Waals surface area contributed by atoms with E-state index in [1.807, 2.05) is 23.5 Å². The molecular weight excluding hydrogens is 591 g/mol. The number of hydrogen-bond acceptors (Lipinski definition) is 2. The number of hydrogen-bond donors (Lipinski definition) is 0. The van der Waals surface area contributed by atoms with Gasteiger partial charge in [0.2, 0.25) is 0 Å². The summed E-state index contributed by atoms with van der Waals surface area (Å²) >= 11 is 1.81. The Morgan fingerprint density at radius 2 is 0.979 bits per heavy atom. The Hall–Kier alpha value is -6.15. The van der Waals surface area contributed by atoms with Gasteiger partial charge in [-0.2, -0.15) is 5.26 Å². The molecule has 0 saturated carbocycles. The number of rotatable bonds is 3. The van der Waals surface area contributed by atoms with Crippen LogP contribution in [-0.2, 0) is 0 Å². The first-order chi connectivity index (χ1) is 23.3. The molecule has 3 heterocycles. The van der Waals surface area contributed by atoms with Gasteiger partial charge in [0.25, 0.3) is 0 Å². The Bertz CT molecular complexity index is 2880. The van der Waals surface area contributed by atoms with E-state index in [1.54, 1.807) is 0 Å². The molecular formula is C43H25N3S. The number of aromatic nitrogens is 2. The van der Waals surface area contributed by atoms with Crippen molar-refractivity contribution >= 4 is 75.1 Å². The minimum Gasteiger partial charge on any atom is -0.309 e. The molecule has 0 radical (unpaired) electrons. The fourth-order valence-corrected chi connectivity index (χ4v) is 8.83.